The van der Waals surface area contributed by atoms with E-state index in [0.29, 0.717) is 6.04 Å². The van der Waals surface area contributed by atoms with Crippen LogP contribution in [0.2, 0.25) is 0 Å². The van der Waals surface area contributed by atoms with Crippen LogP contribution in [-0.4, -0.2) is 35.1 Å². The van der Waals surface area contributed by atoms with Crippen molar-refractivity contribution in [2.75, 3.05) is 18.0 Å². The van der Waals surface area contributed by atoms with Gasteiger partial charge in [0.15, 0.2) is 0 Å². The number of piperidine rings is 1. The van der Waals surface area contributed by atoms with E-state index in [1.807, 2.05) is 12.4 Å². The first kappa shape index (κ1) is 15.5. The summed E-state index contributed by atoms with van der Waals surface area (Å²) in [5.41, 5.74) is 17.0. The molecule has 2 unspecified atom stereocenters. The van der Waals surface area contributed by atoms with Crippen molar-refractivity contribution >= 4 is 5.82 Å². The van der Waals surface area contributed by atoms with Crippen LogP contribution in [0.3, 0.4) is 0 Å². The molecule has 2 aliphatic rings. The lowest BCUT2D eigenvalue weighted by Crippen LogP contribution is -2.43. The molecule has 2 atom stereocenters. The summed E-state index contributed by atoms with van der Waals surface area (Å²) < 4.78 is 0. The average Bonchev–Trinajstić information content (AvgIpc) is 2.61. The number of nitrogens with zero attached hydrogens (tertiary/aromatic N) is 3. The highest BCUT2D eigenvalue weighted by atomic mass is 15.2. The standard InChI is InChI=1S/C19H25N5/c20-16-6-5-13-8-15(4-3-14(13)9-16)18-10-23-19(11-22-18)24-7-1-2-17(21)12-24/h3-4,8,10-11,16-17H,1-2,5-7,9,12,20-21H2. The molecule has 0 radical (unpaired) electrons. The Kier molecular flexibility index (Phi) is 4.21. The van der Waals surface area contributed by atoms with Crippen molar-refractivity contribution in [1.82, 2.24) is 9.97 Å². The Morgan fingerprint density at radius 2 is 1.92 bits per heavy atom. The number of fused-ring (bicyclic) bond motifs is 1. The van der Waals surface area contributed by atoms with E-state index in [-0.39, 0.29) is 6.04 Å². The van der Waals surface area contributed by atoms with Gasteiger partial charge in [0.25, 0.3) is 0 Å². The third-order valence-electron chi connectivity index (χ3n) is 5.19. The number of rotatable bonds is 2. The fraction of sp³-hybridized carbons (Fsp3) is 0.474. The SMILES string of the molecule is NC1CCc2cc(-c3cnc(N4CCCC(N)C4)cn3)ccc2C1. The molecule has 1 saturated heterocycles. The molecule has 5 heteroatoms. The predicted octanol–water partition coefficient (Wildman–Crippen LogP) is 1.89. The van der Waals surface area contributed by atoms with E-state index in [0.717, 1.165) is 62.3 Å². The summed E-state index contributed by atoms with van der Waals surface area (Å²) in [6.45, 7) is 1.88. The van der Waals surface area contributed by atoms with E-state index in [4.69, 9.17) is 11.5 Å². The van der Waals surface area contributed by atoms with Crippen LogP contribution in [0.4, 0.5) is 5.82 Å². The minimum atomic E-state index is 0.243. The Morgan fingerprint density at radius 3 is 2.71 bits per heavy atom. The van der Waals surface area contributed by atoms with Crippen molar-refractivity contribution in [3.05, 3.63) is 41.7 Å². The fourth-order valence-corrected chi connectivity index (χ4v) is 3.79. The zero-order valence-electron chi connectivity index (χ0n) is 14.0. The van der Waals surface area contributed by atoms with Crippen molar-refractivity contribution in [2.45, 2.75) is 44.2 Å². The van der Waals surface area contributed by atoms with E-state index < -0.39 is 0 Å². The summed E-state index contributed by atoms with van der Waals surface area (Å²) in [5, 5.41) is 0. The summed E-state index contributed by atoms with van der Waals surface area (Å²) in [7, 11) is 0. The molecule has 24 heavy (non-hydrogen) atoms. The smallest absolute Gasteiger partial charge is 0.147 e. The lowest BCUT2D eigenvalue weighted by atomic mass is 9.87. The maximum atomic E-state index is 6.06. The zero-order chi connectivity index (χ0) is 16.5. The number of hydrogen-bond donors (Lipinski definition) is 2. The predicted molar refractivity (Wildman–Crippen MR) is 96.9 cm³/mol. The molecule has 1 aliphatic heterocycles. The average molecular weight is 323 g/mol. The van der Waals surface area contributed by atoms with Crippen LogP contribution in [0, 0.1) is 0 Å². The molecule has 0 bridgehead atoms. The van der Waals surface area contributed by atoms with Crippen molar-refractivity contribution in [1.29, 1.82) is 0 Å². The van der Waals surface area contributed by atoms with E-state index in [1.54, 1.807) is 0 Å². The summed E-state index contributed by atoms with van der Waals surface area (Å²) in [6, 6.07) is 7.13. The van der Waals surface area contributed by atoms with Crippen LogP contribution in [-0.2, 0) is 12.8 Å². The first-order chi connectivity index (χ1) is 11.7. The van der Waals surface area contributed by atoms with Crippen LogP contribution >= 0.6 is 0 Å². The Bertz CT molecular complexity index is 712. The molecular weight excluding hydrogens is 298 g/mol. The number of aryl methyl sites for hydroxylation is 1. The van der Waals surface area contributed by atoms with Gasteiger partial charge in [-0.2, -0.15) is 0 Å². The number of anilines is 1. The van der Waals surface area contributed by atoms with Gasteiger partial charge in [-0.05, 0) is 49.3 Å². The van der Waals surface area contributed by atoms with Crippen LogP contribution in [0.25, 0.3) is 11.3 Å². The van der Waals surface area contributed by atoms with Gasteiger partial charge >= 0.3 is 0 Å². The van der Waals surface area contributed by atoms with E-state index >= 15 is 0 Å². The second-order valence-electron chi connectivity index (χ2n) is 7.09. The second kappa shape index (κ2) is 6.49. The summed E-state index contributed by atoms with van der Waals surface area (Å²) in [5.74, 6) is 0.929. The molecule has 1 aliphatic carbocycles. The summed E-state index contributed by atoms with van der Waals surface area (Å²) >= 11 is 0. The molecule has 5 nitrogen and oxygen atoms in total. The van der Waals surface area contributed by atoms with E-state index in [2.05, 4.69) is 33.1 Å². The molecule has 0 amide bonds. The molecule has 2 aromatic rings. The van der Waals surface area contributed by atoms with E-state index in [9.17, 15) is 0 Å². The highest BCUT2D eigenvalue weighted by molar-refractivity contribution is 5.61. The molecule has 0 saturated carbocycles. The normalized spacial score (nSPS) is 23.8. The van der Waals surface area contributed by atoms with Crippen LogP contribution in [0.1, 0.15) is 30.4 Å². The van der Waals surface area contributed by atoms with Gasteiger partial charge in [0, 0.05) is 30.7 Å². The van der Waals surface area contributed by atoms with Crippen LogP contribution < -0.4 is 16.4 Å². The molecule has 2 heterocycles. The Morgan fingerprint density at radius 1 is 1.00 bits per heavy atom. The highest BCUT2D eigenvalue weighted by Crippen LogP contribution is 2.26. The van der Waals surface area contributed by atoms with Crippen LogP contribution in [0.15, 0.2) is 30.6 Å². The monoisotopic (exact) mass is 323 g/mol. The van der Waals surface area contributed by atoms with Gasteiger partial charge in [0.05, 0.1) is 18.1 Å². The number of nitrogens with two attached hydrogens (primary N) is 2. The molecule has 1 aromatic carbocycles. The van der Waals surface area contributed by atoms with Crippen molar-refractivity contribution in [3.8, 4) is 11.3 Å². The summed E-state index contributed by atoms with van der Waals surface area (Å²) in [4.78, 5) is 11.5. The molecule has 4 rings (SSSR count). The fourth-order valence-electron chi connectivity index (χ4n) is 3.79. The van der Waals surface area contributed by atoms with Crippen molar-refractivity contribution in [3.63, 3.8) is 0 Å². The molecule has 0 spiro atoms. The minimum Gasteiger partial charge on any atom is -0.354 e. The number of hydrogen-bond acceptors (Lipinski definition) is 5. The Labute approximate surface area is 143 Å². The van der Waals surface area contributed by atoms with Crippen molar-refractivity contribution in [2.24, 2.45) is 11.5 Å². The number of benzene rings is 1. The largest absolute Gasteiger partial charge is 0.354 e. The van der Waals surface area contributed by atoms with Gasteiger partial charge in [-0.15, -0.1) is 0 Å². The van der Waals surface area contributed by atoms with Gasteiger partial charge in [-0.25, -0.2) is 4.98 Å². The Balaban J connectivity index is 1.55. The third kappa shape index (κ3) is 3.14. The molecule has 126 valence electrons. The van der Waals surface area contributed by atoms with Gasteiger partial charge in [-0.1, -0.05) is 12.1 Å². The second-order valence-corrected chi connectivity index (χ2v) is 7.09. The lowest BCUT2D eigenvalue weighted by Gasteiger charge is -2.31. The van der Waals surface area contributed by atoms with Gasteiger partial charge in [-0.3, -0.25) is 4.98 Å². The first-order valence-electron chi connectivity index (χ1n) is 8.89. The number of aromatic nitrogens is 2. The minimum absolute atomic E-state index is 0.243. The molecule has 4 N–H and O–H groups in total. The van der Waals surface area contributed by atoms with Gasteiger partial charge in [0.1, 0.15) is 5.82 Å². The quantitative estimate of drug-likeness (QED) is 0.882. The zero-order valence-corrected chi connectivity index (χ0v) is 14.0. The molecule has 1 fully saturated rings. The van der Waals surface area contributed by atoms with Crippen molar-refractivity contribution < 1.29 is 0 Å². The highest BCUT2D eigenvalue weighted by Gasteiger charge is 2.19. The van der Waals surface area contributed by atoms with Crippen LogP contribution in [0.5, 0.6) is 0 Å². The molecule has 1 aromatic heterocycles. The maximum absolute atomic E-state index is 6.06. The van der Waals surface area contributed by atoms with E-state index in [1.165, 1.54) is 11.1 Å². The topological polar surface area (TPSA) is 81.1 Å². The summed E-state index contributed by atoms with van der Waals surface area (Å²) in [6.07, 6.45) is 9.08. The maximum Gasteiger partial charge on any atom is 0.147 e. The molecular formula is C19H25N5. The Hall–Kier alpha value is -1.98. The first-order valence-corrected chi connectivity index (χ1v) is 8.89. The van der Waals surface area contributed by atoms with Gasteiger partial charge < -0.3 is 16.4 Å². The third-order valence-corrected chi connectivity index (χ3v) is 5.19. The van der Waals surface area contributed by atoms with Gasteiger partial charge in [0.2, 0.25) is 0 Å². The lowest BCUT2D eigenvalue weighted by molar-refractivity contribution is 0.503.